The number of amides is 2. The summed E-state index contributed by atoms with van der Waals surface area (Å²) in [6.45, 7) is 2.83. The van der Waals surface area contributed by atoms with Crippen molar-refractivity contribution in [1.29, 1.82) is 0 Å². The zero-order valence-electron chi connectivity index (χ0n) is 16.5. The molecule has 1 aliphatic rings. The fourth-order valence-corrected chi connectivity index (χ4v) is 4.56. The minimum absolute atomic E-state index is 0.0711. The number of rotatable bonds is 5. The number of carbonyl (C=O) groups is 2. The van der Waals surface area contributed by atoms with Crippen LogP contribution >= 0.6 is 0 Å². The van der Waals surface area contributed by atoms with Crippen molar-refractivity contribution in [2.45, 2.75) is 31.2 Å². The fourth-order valence-electron chi connectivity index (χ4n) is 3.19. The van der Waals surface area contributed by atoms with Crippen molar-refractivity contribution in [3.63, 3.8) is 0 Å². The number of carbonyl (C=O) groups excluding carboxylic acids is 2. The van der Waals surface area contributed by atoms with Crippen LogP contribution in [0.5, 0.6) is 0 Å². The highest BCUT2D eigenvalue weighted by molar-refractivity contribution is 7.89. The number of urea groups is 1. The van der Waals surface area contributed by atoms with E-state index in [0.717, 1.165) is 22.7 Å². The van der Waals surface area contributed by atoms with E-state index < -0.39 is 22.0 Å². The van der Waals surface area contributed by atoms with Gasteiger partial charge in [0.2, 0.25) is 0 Å². The molecule has 0 unspecified atom stereocenters. The van der Waals surface area contributed by atoms with Crippen molar-refractivity contribution in [1.82, 2.24) is 9.21 Å². The van der Waals surface area contributed by atoms with E-state index in [1.807, 2.05) is 6.92 Å². The average Bonchev–Trinajstić information content (AvgIpc) is 3.26. The lowest BCUT2D eigenvalue weighted by Crippen LogP contribution is -2.44. The molecule has 1 fully saturated rings. The minimum Gasteiger partial charge on any atom is -0.465 e. The first-order chi connectivity index (χ1) is 13.8. The fraction of sp³-hybridized carbons (Fsp3) is 0.333. The van der Waals surface area contributed by atoms with Crippen LogP contribution in [0.1, 0.15) is 34.3 Å². The Bertz CT molecular complexity index is 979. The molecule has 29 heavy (non-hydrogen) atoms. The number of hydrogen-bond donors (Lipinski definition) is 0. The third kappa shape index (κ3) is 4.59. The highest BCUT2D eigenvalue weighted by Gasteiger charge is 2.33. The number of sulfonamides is 1. The summed E-state index contributed by atoms with van der Waals surface area (Å²) in [5.74, 6) is -0.478. The molecule has 8 heteroatoms. The van der Waals surface area contributed by atoms with Crippen LogP contribution in [-0.2, 0) is 21.3 Å². The van der Waals surface area contributed by atoms with Gasteiger partial charge in [0.05, 0.1) is 24.1 Å². The third-order valence-corrected chi connectivity index (χ3v) is 6.63. The van der Waals surface area contributed by atoms with Crippen molar-refractivity contribution in [2.24, 2.45) is 0 Å². The summed E-state index contributed by atoms with van der Waals surface area (Å²) in [7, 11) is -2.74. The first kappa shape index (κ1) is 20.9. The molecule has 0 aliphatic carbocycles. The lowest BCUT2D eigenvalue weighted by Gasteiger charge is -2.27. The van der Waals surface area contributed by atoms with Crippen molar-refractivity contribution in [3.8, 4) is 0 Å². The highest BCUT2D eigenvalue weighted by Crippen LogP contribution is 2.23. The van der Waals surface area contributed by atoms with Gasteiger partial charge < -0.3 is 9.64 Å². The molecule has 0 N–H and O–H groups in total. The van der Waals surface area contributed by atoms with E-state index in [1.165, 1.54) is 19.2 Å². The summed E-state index contributed by atoms with van der Waals surface area (Å²) in [6, 6.07) is 12.3. The van der Waals surface area contributed by atoms with E-state index in [-0.39, 0.29) is 11.4 Å². The predicted octanol–water partition coefficient (Wildman–Crippen LogP) is 3.19. The molecular weight excluding hydrogens is 392 g/mol. The first-order valence-electron chi connectivity index (χ1n) is 9.38. The highest BCUT2D eigenvalue weighted by atomic mass is 32.2. The average molecular weight is 416 g/mol. The second-order valence-corrected chi connectivity index (χ2v) is 8.85. The standard InChI is InChI=1S/C21H24N2O5S/c1-16-5-11-19(12-6-16)29(26,27)23(21(25)22-13-3-4-14-22)15-17-7-9-18(10-8-17)20(24)28-2/h5-12H,3-4,13-15H2,1-2H3. The summed E-state index contributed by atoms with van der Waals surface area (Å²) >= 11 is 0. The van der Waals surface area contributed by atoms with Gasteiger partial charge in [0.15, 0.2) is 0 Å². The van der Waals surface area contributed by atoms with Crippen LogP contribution < -0.4 is 0 Å². The summed E-state index contributed by atoms with van der Waals surface area (Å²) in [5, 5.41) is 0. The van der Waals surface area contributed by atoms with Gasteiger partial charge in [-0.1, -0.05) is 29.8 Å². The zero-order chi connectivity index (χ0) is 21.0. The van der Waals surface area contributed by atoms with E-state index in [0.29, 0.717) is 24.2 Å². The van der Waals surface area contributed by atoms with Crippen molar-refractivity contribution in [2.75, 3.05) is 20.2 Å². The number of methoxy groups -OCH3 is 1. The quantitative estimate of drug-likeness (QED) is 0.699. The van der Waals surface area contributed by atoms with E-state index in [1.54, 1.807) is 41.3 Å². The molecule has 1 heterocycles. The molecule has 1 aliphatic heterocycles. The van der Waals surface area contributed by atoms with Gasteiger partial charge in [0.25, 0.3) is 10.0 Å². The number of esters is 1. The van der Waals surface area contributed by atoms with Crippen LogP contribution in [0, 0.1) is 6.92 Å². The molecule has 0 radical (unpaired) electrons. The Labute approximate surface area is 170 Å². The lowest BCUT2D eigenvalue weighted by molar-refractivity contribution is 0.0600. The van der Waals surface area contributed by atoms with Crippen molar-refractivity contribution >= 4 is 22.0 Å². The van der Waals surface area contributed by atoms with E-state index in [2.05, 4.69) is 4.74 Å². The van der Waals surface area contributed by atoms with E-state index in [9.17, 15) is 18.0 Å². The van der Waals surface area contributed by atoms with E-state index in [4.69, 9.17) is 0 Å². The summed E-state index contributed by atoms with van der Waals surface area (Å²) in [5.41, 5.74) is 1.88. The number of aryl methyl sites for hydroxylation is 1. The van der Waals surface area contributed by atoms with Gasteiger partial charge in [-0.2, -0.15) is 0 Å². The topological polar surface area (TPSA) is 84.0 Å². The van der Waals surface area contributed by atoms with Gasteiger partial charge in [-0.25, -0.2) is 22.3 Å². The maximum absolute atomic E-state index is 13.3. The molecule has 0 spiro atoms. The predicted molar refractivity (Wildman–Crippen MR) is 108 cm³/mol. The number of benzene rings is 2. The molecular formula is C21H24N2O5S. The van der Waals surface area contributed by atoms with Gasteiger partial charge in [0, 0.05) is 13.1 Å². The largest absolute Gasteiger partial charge is 0.465 e. The van der Waals surface area contributed by atoms with Crippen LogP contribution in [0.4, 0.5) is 4.79 Å². The summed E-state index contributed by atoms with van der Waals surface area (Å²) in [6.07, 6.45) is 1.72. The van der Waals surface area contributed by atoms with Gasteiger partial charge >= 0.3 is 12.0 Å². The molecule has 0 atom stereocenters. The second kappa shape index (κ2) is 8.65. The van der Waals surface area contributed by atoms with Gasteiger partial charge in [0.1, 0.15) is 0 Å². The van der Waals surface area contributed by atoms with Crippen LogP contribution in [0.25, 0.3) is 0 Å². The zero-order valence-corrected chi connectivity index (χ0v) is 17.3. The van der Waals surface area contributed by atoms with E-state index >= 15 is 0 Å². The first-order valence-corrected chi connectivity index (χ1v) is 10.8. The number of nitrogens with zero attached hydrogens (tertiary/aromatic N) is 2. The smallest absolute Gasteiger partial charge is 0.337 e. The Morgan fingerprint density at radius 1 is 1.00 bits per heavy atom. The molecule has 3 rings (SSSR count). The number of hydrogen-bond acceptors (Lipinski definition) is 5. The maximum atomic E-state index is 13.3. The third-order valence-electron chi connectivity index (χ3n) is 4.90. The SMILES string of the molecule is COC(=O)c1ccc(CN(C(=O)N2CCCC2)S(=O)(=O)c2ccc(C)cc2)cc1. The van der Waals surface area contributed by atoms with Crippen LogP contribution in [0.15, 0.2) is 53.4 Å². The number of likely N-dealkylation sites (tertiary alicyclic amines) is 1. The lowest BCUT2D eigenvalue weighted by atomic mass is 10.1. The maximum Gasteiger partial charge on any atom is 0.337 e. The molecule has 0 aromatic heterocycles. The van der Waals surface area contributed by atoms with Gasteiger partial charge in [-0.3, -0.25) is 0 Å². The molecule has 1 saturated heterocycles. The molecule has 154 valence electrons. The molecule has 2 aromatic carbocycles. The van der Waals surface area contributed by atoms with Crippen LogP contribution in [0.3, 0.4) is 0 Å². The molecule has 2 amide bonds. The number of ether oxygens (including phenoxy) is 1. The molecule has 0 bridgehead atoms. The summed E-state index contributed by atoms with van der Waals surface area (Å²) < 4.78 is 32.1. The second-order valence-electron chi connectivity index (χ2n) is 6.99. The Balaban J connectivity index is 1.93. The van der Waals surface area contributed by atoms with Crippen molar-refractivity contribution < 1.29 is 22.7 Å². The van der Waals surface area contributed by atoms with Crippen molar-refractivity contribution in [3.05, 3.63) is 65.2 Å². The van der Waals surface area contributed by atoms with Crippen LogP contribution in [0.2, 0.25) is 0 Å². The Morgan fingerprint density at radius 3 is 2.14 bits per heavy atom. The molecule has 7 nitrogen and oxygen atoms in total. The molecule has 0 saturated carbocycles. The van der Waals surface area contributed by atoms with Gasteiger partial charge in [-0.05, 0) is 49.6 Å². The monoisotopic (exact) mass is 416 g/mol. The van der Waals surface area contributed by atoms with Gasteiger partial charge in [-0.15, -0.1) is 0 Å². The minimum atomic E-state index is -4.03. The van der Waals surface area contributed by atoms with Crippen LogP contribution in [-0.4, -0.2) is 49.8 Å². The Morgan fingerprint density at radius 2 is 1.59 bits per heavy atom. The Kier molecular flexibility index (Phi) is 6.22. The Hall–Kier alpha value is -2.87. The molecule has 2 aromatic rings. The summed E-state index contributed by atoms with van der Waals surface area (Å²) in [4.78, 5) is 26.3. The normalized spacial score (nSPS) is 13.9.